The maximum absolute atomic E-state index is 12.0. The quantitative estimate of drug-likeness (QED) is 0.487. The second-order valence-corrected chi connectivity index (χ2v) is 8.56. The molecule has 2 N–H and O–H groups in total. The maximum atomic E-state index is 12.0. The first kappa shape index (κ1) is 21.0. The number of hydrogen-bond acceptors (Lipinski definition) is 6. The first-order valence-corrected chi connectivity index (χ1v) is 9.85. The lowest BCUT2D eigenvalue weighted by Gasteiger charge is -2.21. The normalized spacial score (nSPS) is 11.8. The first-order chi connectivity index (χ1) is 14.6. The number of rotatable bonds is 4. The van der Waals surface area contributed by atoms with Crippen molar-refractivity contribution in [3.63, 3.8) is 0 Å². The van der Waals surface area contributed by atoms with E-state index in [0.29, 0.717) is 5.75 Å². The molecule has 0 atom stereocenters. The highest BCUT2D eigenvalue weighted by Crippen LogP contribution is 2.39. The zero-order valence-corrected chi connectivity index (χ0v) is 18.2. The van der Waals surface area contributed by atoms with E-state index >= 15 is 0 Å². The molecule has 160 valence electrons. The summed E-state index contributed by atoms with van der Waals surface area (Å²) in [7, 11) is 0. The number of halogens is 2. The number of hydrogen-bond donors (Lipinski definition) is 1. The Balaban J connectivity index is 1.75. The van der Waals surface area contributed by atoms with Crippen LogP contribution in [0.3, 0.4) is 0 Å². The molecule has 4 aromatic rings. The molecule has 0 fully saturated rings. The largest absolute Gasteiger partial charge is 0.454 e. The Hall–Kier alpha value is -3.30. The van der Waals surface area contributed by atoms with Crippen molar-refractivity contribution in [2.45, 2.75) is 26.3 Å². The summed E-state index contributed by atoms with van der Waals surface area (Å²) < 4.78 is 13.4. The van der Waals surface area contributed by atoms with Crippen molar-refractivity contribution in [1.29, 1.82) is 0 Å². The molecule has 11 heteroatoms. The summed E-state index contributed by atoms with van der Waals surface area (Å²) in [6.07, 6.45) is 1.77. The summed E-state index contributed by atoms with van der Waals surface area (Å²) in [5.41, 5.74) is 6.92. The number of nitrogens with two attached hydrogens (primary N) is 1. The summed E-state index contributed by atoms with van der Waals surface area (Å²) in [5, 5.41) is 3.58. The summed E-state index contributed by atoms with van der Waals surface area (Å²) in [4.78, 5) is 27.9. The number of benzene rings is 2. The van der Waals surface area contributed by atoms with E-state index in [1.807, 2.05) is 16.7 Å². The van der Waals surface area contributed by atoms with Gasteiger partial charge in [0.15, 0.2) is 5.75 Å². The summed E-state index contributed by atoms with van der Waals surface area (Å²) >= 11 is 12.8. The topological polar surface area (TPSA) is 118 Å². The Morgan fingerprint density at radius 1 is 1.16 bits per heavy atom. The third kappa shape index (κ3) is 3.77. The monoisotopic (exact) mass is 461 g/mol. The Morgan fingerprint density at radius 2 is 1.84 bits per heavy atom. The number of primary amides is 1. The molecule has 2 aromatic heterocycles. The minimum Gasteiger partial charge on any atom is -0.454 e. The van der Waals surface area contributed by atoms with Crippen LogP contribution >= 0.6 is 23.2 Å². The fourth-order valence-electron chi connectivity index (χ4n) is 3.11. The molecule has 0 unspecified atom stereocenters. The molecule has 1 amide bonds. The molecule has 0 spiro atoms. The van der Waals surface area contributed by atoms with Crippen molar-refractivity contribution in [2.75, 3.05) is 0 Å². The Morgan fingerprint density at radius 3 is 2.45 bits per heavy atom. The Labute approximate surface area is 185 Å². The minimum atomic E-state index is -0.942. The number of nitrogens with zero attached hydrogens (tertiary/aromatic N) is 4. The lowest BCUT2D eigenvalue weighted by Crippen LogP contribution is -2.22. The van der Waals surface area contributed by atoms with E-state index in [4.69, 9.17) is 33.7 Å². The second kappa shape index (κ2) is 7.44. The lowest BCUT2D eigenvalue weighted by atomic mass is 10.1. The summed E-state index contributed by atoms with van der Waals surface area (Å²) in [6, 6.07) is 8.21. The number of amides is 1. The van der Waals surface area contributed by atoms with E-state index in [1.165, 1.54) is 12.1 Å². The fraction of sp³-hybridized carbons (Fsp3) is 0.200. The van der Waals surface area contributed by atoms with Crippen molar-refractivity contribution in [3.8, 4) is 17.2 Å². The zero-order chi connectivity index (χ0) is 22.5. The highest BCUT2D eigenvalue weighted by molar-refractivity contribution is 6.37. The van der Waals surface area contributed by atoms with Crippen LogP contribution < -0.4 is 16.2 Å². The molecule has 4 rings (SSSR count). The van der Waals surface area contributed by atoms with Gasteiger partial charge in [0.2, 0.25) is 5.82 Å². The van der Waals surface area contributed by atoms with Crippen LogP contribution in [0.25, 0.3) is 16.7 Å². The smallest absolute Gasteiger partial charge is 0.446 e. The number of carbonyl (C=O) groups excluding carboxylic acids is 1. The van der Waals surface area contributed by atoms with E-state index in [-0.39, 0.29) is 32.8 Å². The van der Waals surface area contributed by atoms with Crippen LogP contribution in [-0.4, -0.2) is 25.2 Å². The molecule has 2 aromatic carbocycles. The van der Waals surface area contributed by atoms with E-state index in [2.05, 4.69) is 35.4 Å². The van der Waals surface area contributed by atoms with E-state index in [0.717, 1.165) is 15.6 Å². The molecule has 0 saturated heterocycles. The van der Waals surface area contributed by atoms with Gasteiger partial charge in [-0.25, -0.2) is 14.3 Å². The van der Waals surface area contributed by atoms with Crippen molar-refractivity contribution in [3.05, 3.63) is 63.1 Å². The molecular weight excluding hydrogens is 445 g/mol. The van der Waals surface area contributed by atoms with Crippen LogP contribution in [0.5, 0.6) is 11.5 Å². The highest BCUT2D eigenvalue weighted by Gasteiger charge is 2.21. The summed E-state index contributed by atoms with van der Waals surface area (Å²) in [5.74, 6) is -1.56. The van der Waals surface area contributed by atoms with Gasteiger partial charge in [0.05, 0.1) is 33.1 Å². The maximum Gasteiger partial charge on any atom is 0.446 e. The molecule has 0 aliphatic carbocycles. The van der Waals surface area contributed by atoms with Gasteiger partial charge in [0.1, 0.15) is 5.75 Å². The molecule has 0 radical (unpaired) electrons. The van der Waals surface area contributed by atoms with Crippen LogP contribution in [-0.2, 0) is 5.54 Å². The molecule has 0 bridgehead atoms. The Kier molecular flexibility index (Phi) is 5.03. The molecule has 9 nitrogen and oxygen atoms in total. The van der Waals surface area contributed by atoms with Crippen LogP contribution in [0.4, 0.5) is 0 Å². The lowest BCUT2D eigenvalue weighted by molar-refractivity contribution is 0.0985. The summed E-state index contributed by atoms with van der Waals surface area (Å²) in [6.45, 7) is 6.21. The SMILES string of the molecule is CC(C)(C)n1cnc2ccc(Oc3c(Cl)cc(-n4c(C(N)=O)noc4=O)cc3Cl)cc21. The van der Waals surface area contributed by atoms with Gasteiger partial charge in [0.25, 0.3) is 5.91 Å². The minimum absolute atomic E-state index is 0.107. The van der Waals surface area contributed by atoms with Gasteiger partial charge in [-0.05, 0) is 50.2 Å². The number of fused-ring (bicyclic) bond motifs is 1. The van der Waals surface area contributed by atoms with Crippen molar-refractivity contribution >= 4 is 40.1 Å². The van der Waals surface area contributed by atoms with E-state index in [1.54, 1.807) is 12.4 Å². The molecular formula is C20H17Cl2N5O4. The molecule has 31 heavy (non-hydrogen) atoms. The van der Waals surface area contributed by atoms with Crippen molar-refractivity contribution in [2.24, 2.45) is 5.73 Å². The van der Waals surface area contributed by atoms with Crippen LogP contribution in [0.15, 0.2) is 46.0 Å². The molecule has 0 aliphatic rings. The third-order valence-electron chi connectivity index (χ3n) is 4.53. The van der Waals surface area contributed by atoms with E-state index in [9.17, 15) is 9.59 Å². The highest BCUT2D eigenvalue weighted by atomic mass is 35.5. The van der Waals surface area contributed by atoms with Gasteiger partial charge in [-0.15, -0.1) is 0 Å². The molecule has 0 aliphatic heterocycles. The predicted molar refractivity (Wildman–Crippen MR) is 115 cm³/mol. The van der Waals surface area contributed by atoms with Crippen molar-refractivity contribution < 1.29 is 14.1 Å². The van der Waals surface area contributed by atoms with Gasteiger partial charge in [-0.3, -0.25) is 9.32 Å². The van der Waals surface area contributed by atoms with Crippen LogP contribution in [0.2, 0.25) is 10.0 Å². The standard InChI is InChI=1S/C20H17Cl2N5O4/c1-20(2,3)26-9-24-14-5-4-11(8-15(14)26)30-16-12(21)6-10(7-13(16)22)27-18(17(23)28)25-31-19(27)29/h4-9H,1-3H3,(H2,23,28). The van der Waals surface area contributed by atoms with Gasteiger partial charge in [0, 0.05) is 11.6 Å². The first-order valence-electron chi connectivity index (χ1n) is 9.09. The third-order valence-corrected chi connectivity index (χ3v) is 5.09. The van der Waals surface area contributed by atoms with E-state index < -0.39 is 11.7 Å². The van der Waals surface area contributed by atoms with Crippen LogP contribution in [0, 0.1) is 0 Å². The van der Waals surface area contributed by atoms with Crippen molar-refractivity contribution in [1.82, 2.24) is 19.3 Å². The van der Waals surface area contributed by atoms with Gasteiger partial charge in [-0.1, -0.05) is 23.2 Å². The molecule has 0 saturated carbocycles. The predicted octanol–water partition coefficient (Wildman–Crippen LogP) is 4.13. The zero-order valence-electron chi connectivity index (χ0n) is 16.7. The average molecular weight is 462 g/mol. The van der Waals surface area contributed by atoms with Gasteiger partial charge < -0.3 is 15.0 Å². The number of aromatic nitrogens is 4. The number of ether oxygens (including phenoxy) is 1. The Bertz CT molecular complexity index is 1360. The number of carbonyl (C=O) groups is 1. The fourth-order valence-corrected chi connectivity index (χ4v) is 3.66. The number of imidazole rings is 1. The molecule has 2 heterocycles. The van der Waals surface area contributed by atoms with Gasteiger partial charge >= 0.3 is 5.76 Å². The van der Waals surface area contributed by atoms with Crippen LogP contribution in [0.1, 0.15) is 31.4 Å². The second-order valence-electron chi connectivity index (χ2n) is 7.75. The average Bonchev–Trinajstić information content (AvgIpc) is 3.27. The van der Waals surface area contributed by atoms with Gasteiger partial charge in [-0.2, -0.15) is 0 Å².